The number of rotatable bonds is 0. The molecular formula is C3H3Cl2N2-. The summed E-state index contributed by atoms with van der Waals surface area (Å²) in [5.74, 6) is 0. The van der Waals surface area contributed by atoms with E-state index in [1.165, 1.54) is 6.34 Å². The number of alkyl halides is 2. The summed E-state index contributed by atoms with van der Waals surface area (Å²) < 4.78 is 0. The van der Waals surface area contributed by atoms with Crippen molar-refractivity contribution in [3.05, 3.63) is 5.32 Å². The van der Waals surface area contributed by atoms with Gasteiger partial charge in [0.1, 0.15) is 0 Å². The zero-order valence-corrected chi connectivity index (χ0v) is 4.89. The summed E-state index contributed by atoms with van der Waals surface area (Å²) in [4.78, 5) is 3.66. The van der Waals surface area contributed by atoms with Gasteiger partial charge in [-0.2, -0.15) is 0 Å². The van der Waals surface area contributed by atoms with Crippen molar-refractivity contribution in [3.8, 4) is 0 Å². The first-order valence-corrected chi connectivity index (χ1v) is 2.68. The second kappa shape index (κ2) is 1.88. The molecule has 2 nitrogen and oxygen atoms in total. The fraction of sp³-hybridized carbons (Fsp3) is 0.667. The highest BCUT2D eigenvalue weighted by Crippen LogP contribution is 2.20. The van der Waals surface area contributed by atoms with Crippen molar-refractivity contribution in [1.29, 1.82) is 0 Å². The fourth-order valence-electron chi connectivity index (χ4n) is 0.308. The van der Waals surface area contributed by atoms with Gasteiger partial charge in [0.05, 0.1) is 11.0 Å². The summed E-state index contributed by atoms with van der Waals surface area (Å²) in [5, 5.41) is 3.66. The Morgan fingerprint density at radius 3 is 2.43 bits per heavy atom. The summed E-state index contributed by atoms with van der Waals surface area (Å²) >= 11 is 10.9. The largest absolute Gasteiger partial charge is 0.454 e. The highest BCUT2D eigenvalue weighted by Gasteiger charge is 2.06. The van der Waals surface area contributed by atoms with Crippen molar-refractivity contribution < 1.29 is 0 Å². The highest BCUT2D eigenvalue weighted by atomic mass is 35.5. The van der Waals surface area contributed by atoms with Gasteiger partial charge in [-0.3, -0.25) is 0 Å². The molecule has 40 valence electrons. The molecule has 0 N–H and O–H groups in total. The predicted octanol–water partition coefficient (Wildman–Crippen LogP) is 1.53. The molecule has 0 aromatic rings. The minimum atomic E-state index is -0.346. The monoisotopic (exact) mass is 137 g/mol. The van der Waals surface area contributed by atoms with Crippen molar-refractivity contribution in [3.63, 3.8) is 0 Å². The van der Waals surface area contributed by atoms with E-state index in [0.717, 1.165) is 0 Å². The van der Waals surface area contributed by atoms with Crippen LogP contribution in [0.15, 0.2) is 4.99 Å². The minimum absolute atomic E-state index is 0.346. The molecule has 2 atom stereocenters. The maximum Gasteiger partial charge on any atom is 0.0541 e. The number of hydrogen-bond acceptors (Lipinski definition) is 1. The number of aliphatic imine (C=N–C) groups is 1. The van der Waals surface area contributed by atoms with Gasteiger partial charge in [-0.15, -0.1) is 29.5 Å². The third-order valence-corrected chi connectivity index (χ3v) is 1.48. The van der Waals surface area contributed by atoms with Gasteiger partial charge in [0, 0.05) is 0 Å². The molecule has 0 aromatic heterocycles. The van der Waals surface area contributed by atoms with Crippen LogP contribution in [0.1, 0.15) is 0 Å². The van der Waals surface area contributed by atoms with E-state index in [1.54, 1.807) is 0 Å². The molecule has 7 heavy (non-hydrogen) atoms. The molecule has 1 rings (SSSR count). The standard InChI is InChI=1S/C3H3Cl2N2/c4-2-3(5)7-1-6-2/h1-3H/q-1. The van der Waals surface area contributed by atoms with Gasteiger partial charge in [0.25, 0.3) is 0 Å². The topological polar surface area (TPSA) is 26.5 Å². The summed E-state index contributed by atoms with van der Waals surface area (Å²) in [5.41, 5.74) is -0.691. The quantitative estimate of drug-likeness (QED) is 0.358. The highest BCUT2D eigenvalue weighted by molar-refractivity contribution is 6.33. The predicted molar refractivity (Wildman–Crippen MR) is 31.1 cm³/mol. The SMILES string of the molecule is ClC1N=C[N-]C1Cl. The van der Waals surface area contributed by atoms with Crippen molar-refractivity contribution in [1.82, 2.24) is 0 Å². The lowest BCUT2D eigenvalue weighted by Crippen LogP contribution is -2.02. The van der Waals surface area contributed by atoms with E-state index >= 15 is 0 Å². The molecule has 0 aliphatic carbocycles. The van der Waals surface area contributed by atoms with Gasteiger partial charge in [-0.1, -0.05) is 0 Å². The van der Waals surface area contributed by atoms with Crippen molar-refractivity contribution in [2.75, 3.05) is 0 Å². The first kappa shape index (κ1) is 5.19. The lowest BCUT2D eigenvalue weighted by atomic mass is 10.7. The molecule has 0 amide bonds. The number of halogens is 2. The maximum atomic E-state index is 5.44. The van der Waals surface area contributed by atoms with E-state index in [-0.39, 0.29) is 11.0 Å². The van der Waals surface area contributed by atoms with E-state index < -0.39 is 0 Å². The van der Waals surface area contributed by atoms with E-state index in [9.17, 15) is 0 Å². The minimum Gasteiger partial charge on any atom is -0.454 e. The summed E-state index contributed by atoms with van der Waals surface area (Å²) in [6.45, 7) is 0. The van der Waals surface area contributed by atoms with Crippen molar-refractivity contribution in [2.24, 2.45) is 4.99 Å². The Bertz CT molecular complexity index is 92.9. The van der Waals surface area contributed by atoms with Gasteiger partial charge in [-0.05, 0) is 0 Å². The molecule has 0 spiro atoms. The van der Waals surface area contributed by atoms with Crippen LogP contribution in [0.5, 0.6) is 0 Å². The molecule has 1 aliphatic heterocycles. The fourth-order valence-corrected chi connectivity index (χ4v) is 0.539. The van der Waals surface area contributed by atoms with Gasteiger partial charge >= 0.3 is 0 Å². The zero-order valence-electron chi connectivity index (χ0n) is 3.38. The van der Waals surface area contributed by atoms with E-state index in [0.29, 0.717) is 0 Å². The Kier molecular flexibility index (Phi) is 1.40. The smallest absolute Gasteiger partial charge is 0.0541 e. The lowest BCUT2D eigenvalue weighted by Gasteiger charge is -2.09. The van der Waals surface area contributed by atoms with Crippen molar-refractivity contribution >= 4 is 29.5 Å². The van der Waals surface area contributed by atoms with E-state index in [1.807, 2.05) is 0 Å². The molecule has 1 heterocycles. The third-order valence-electron chi connectivity index (χ3n) is 0.645. The Balaban J connectivity index is 2.45. The Hall–Kier alpha value is 0.0500. The third kappa shape index (κ3) is 0.983. The Morgan fingerprint density at radius 2 is 2.29 bits per heavy atom. The normalized spacial score (nSPS) is 38.6. The molecule has 0 radical (unpaired) electrons. The van der Waals surface area contributed by atoms with Crippen LogP contribution in [-0.4, -0.2) is 17.3 Å². The summed E-state index contributed by atoms with van der Waals surface area (Å²) in [6.07, 6.45) is 1.38. The molecule has 2 unspecified atom stereocenters. The van der Waals surface area contributed by atoms with Crippen LogP contribution in [0.3, 0.4) is 0 Å². The molecule has 0 saturated carbocycles. The van der Waals surface area contributed by atoms with Crippen LogP contribution in [0.25, 0.3) is 5.32 Å². The molecule has 0 bridgehead atoms. The molecule has 1 aliphatic rings. The number of nitrogens with zero attached hydrogens (tertiary/aromatic N) is 2. The maximum absolute atomic E-state index is 5.44. The van der Waals surface area contributed by atoms with Gasteiger partial charge < -0.3 is 10.3 Å². The average Bonchev–Trinajstić information content (AvgIpc) is 1.91. The first-order valence-electron chi connectivity index (χ1n) is 1.80. The van der Waals surface area contributed by atoms with Gasteiger partial charge in [0.15, 0.2) is 0 Å². The molecular weight excluding hydrogens is 135 g/mol. The average molecular weight is 138 g/mol. The second-order valence-corrected chi connectivity index (χ2v) is 2.05. The molecule has 0 aromatic carbocycles. The van der Waals surface area contributed by atoms with E-state index in [4.69, 9.17) is 23.2 Å². The summed E-state index contributed by atoms with van der Waals surface area (Å²) in [7, 11) is 0. The van der Waals surface area contributed by atoms with E-state index in [2.05, 4.69) is 10.3 Å². The van der Waals surface area contributed by atoms with Gasteiger partial charge in [-0.25, -0.2) is 0 Å². The van der Waals surface area contributed by atoms with Crippen LogP contribution < -0.4 is 0 Å². The van der Waals surface area contributed by atoms with Crippen LogP contribution in [-0.2, 0) is 0 Å². The first-order chi connectivity index (χ1) is 3.30. The van der Waals surface area contributed by atoms with Crippen LogP contribution in [0, 0.1) is 0 Å². The van der Waals surface area contributed by atoms with Crippen LogP contribution in [0.4, 0.5) is 0 Å². The Labute approximate surface area is 51.5 Å². The van der Waals surface area contributed by atoms with Crippen LogP contribution >= 0.6 is 23.2 Å². The Morgan fingerprint density at radius 1 is 1.57 bits per heavy atom. The zero-order chi connectivity index (χ0) is 5.28. The summed E-state index contributed by atoms with van der Waals surface area (Å²) in [6, 6.07) is 0. The molecule has 0 saturated heterocycles. The van der Waals surface area contributed by atoms with Gasteiger partial charge in [0.2, 0.25) is 0 Å². The lowest BCUT2D eigenvalue weighted by molar-refractivity contribution is 0.965. The molecule has 4 heteroatoms. The molecule has 0 fully saturated rings. The van der Waals surface area contributed by atoms with Crippen LogP contribution in [0.2, 0.25) is 0 Å². The second-order valence-electron chi connectivity index (χ2n) is 1.16. The van der Waals surface area contributed by atoms with Crippen molar-refractivity contribution in [2.45, 2.75) is 11.0 Å². The number of hydrogen-bond donors (Lipinski definition) is 0.